The molecule has 0 amide bonds. The Labute approximate surface area is 128 Å². The van der Waals surface area contributed by atoms with E-state index in [4.69, 9.17) is 0 Å². The standard InChI is InChI=1S/C17H18IN/c1-12-10-16(18)8-9-17(12)19-11-13-2-4-14(5-3-13)15-6-7-15/h2-5,8-10,15,19H,6-7,11H2,1H3. The highest BCUT2D eigenvalue weighted by molar-refractivity contribution is 14.1. The lowest BCUT2D eigenvalue weighted by atomic mass is 10.1. The first-order valence-corrected chi connectivity index (χ1v) is 7.89. The smallest absolute Gasteiger partial charge is 0.0400 e. The summed E-state index contributed by atoms with van der Waals surface area (Å²) in [7, 11) is 0. The van der Waals surface area contributed by atoms with Gasteiger partial charge in [-0.2, -0.15) is 0 Å². The van der Waals surface area contributed by atoms with Crippen LogP contribution < -0.4 is 5.32 Å². The fourth-order valence-electron chi connectivity index (χ4n) is 2.35. The summed E-state index contributed by atoms with van der Waals surface area (Å²) in [5.41, 5.74) is 5.39. The highest BCUT2D eigenvalue weighted by Gasteiger charge is 2.22. The third-order valence-electron chi connectivity index (χ3n) is 3.70. The van der Waals surface area contributed by atoms with Gasteiger partial charge in [-0.3, -0.25) is 0 Å². The molecule has 2 heteroatoms. The van der Waals surface area contributed by atoms with E-state index < -0.39 is 0 Å². The Bertz CT molecular complexity index is 570. The molecule has 2 aromatic carbocycles. The van der Waals surface area contributed by atoms with Crippen molar-refractivity contribution < 1.29 is 0 Å². The number of benzene rings is 2. The van der Waals surface area contributed by atoms with Crippen molar-refractivity contribution in [2.75, 3.05) is 5.32 Å². The molecule has 1 aliphatic rings. The summed E-state index contributed by atoms with van der Waals surface area (Å²) in [5.74, 6) is 0.848. The molecule has 19 heavy (non-hydrogen) atoms. The fourth-order valence-corrected chi connectivity index (χ4v) is 2.99. The summed E-state index contributed by atoms with van der Waals surface area (Å²) in [4.78, 5) is 0. The Kier molecular flexibility index (Phi) is 3.78. The highest BCUT2D eigenvalue weighted by Crippen LogP contribution is 2.39. The average molecular weight is 363 g/mol. The molecule has 0 atom stereocenters. The monoisotopic (exact) mass is 363 g/mol. The third-order valence-corrected chi connectivity index (χ3v) is 4.37. The van der Waals surface area contributed by atoms with E-state index >= 15 is 0 Å². The van der Waals surface area contributed by atoms with Crippen LogP contribution in [0.3, 0.4) is 0 Å². The van der Waals surface area contributed by atoms with Crippen LogP contribution in [-0.4, -0.2) is 0 Å². The van der Waals surface area contributed by atoms with Gasteiger partial charge in [-0.15, -0.1) is 0 Å². The van der Waals surface area contributed by atoms with Crippen LogP contribution >= 0.6 is 22.6 Å². The van der Waals surface area contributed by atoms with Crippen molar-refractivity contribution in [1.82, 2.24) is 0 Å². The van der Waals surface area contributed by atoms with E-state index in [9.17, 15) is 0 Å². The minimum atomic E-state index is 0.848. The van der Waals surface area contributed by atoms with Crippen molar-refractivity contribution >= 4 is 28.3 Å². The van der Waals surface area contributed by atoms with E-state index in [0.717, 1.165) is 12.5 Å². The second-order valence-corrected chi connectivity index (χ2v) is 6.57. The molecule has 2 aromatic rings. The minimum absolute atomic E-state index is 0.848. The van der Waals surface area contributed by atoms with Crippen LogP contribution in [-0.2, 0) is 6.54 Å². The van der Waals surface area contributed by atoms with E-state index in [1.54, 1.807) is 0 Å². The maximum atomic E-state index is 3.52. The SMILES string of the molecule is Cc1cc(I)ccc1NCc1ccc(C2CC2)cc1. The molecule has 0 aliphatic heterocycles. The Balaban J connectivity index is 1.64. The summed E-state index contributed by atoms with van der Waals surface area (Å²) < 4.78 is 1.29. The van der Waals surface area contributed by atoms with Crippen LogP contribution in [0.1, 0.15) is 35.4 Å². The van der Waals surface area contributed by atoms with Gasteiger partial charge in [-0.1, -0.05) is 24.3 Å². The summed E-state index contributed by atoms with van der Waals surface area (Å²) in [6.45, 7) is 3.05. The predicted molar refractivity (Wildman–Crippen MR) is 89.6 cm³/mol. The number of hydrogen-bond acceptors (Lipinski definition) is 1. The molecule has 0 spiro atoms. The lowest BCUT2D eigenvalue weighted by Gasteiger charge is -2.10. The van der Waals surface area contributed by atoms with E-state index in [-0.39, 0.29) is 0 Å². The zero-order valence-electron chi connectivity index (χ0n) is 11.1. The van der Waals surface area contributed by atoms with Crippen molar-refractivity contribution in [3.8, 4) is 0 Å². The number of aryl methyl sites for hydroxylation is 1. The van der Waals surface area contributed by atoms with E-state index in [2.05, 4.69) is 77.3 Å². The van der Waals surface area contributed by atoms with Crippen molar-refractivity contribution in [2.24, 2.45) is 0 Å². The summed E-state index contributed by atoms with van der Waals surface area (Å²) in [5, 5.41) is 3.52. The van der Waals surface area contributed by atoms with Crippen LogP contribution in [0.15, 0.2) is 42.5 Å². The number of anilines is 1. The maximum Gasteiger partial charge on any atom is 0.0400 e. The largest absolute Gasteiger partial charge is 0.381 e. The first-order chi connectivity index (χ1) is 9.22. The first kappa shape index (κ1) is 13.0. The first-order valence-electron chi connectivity index (χ1n) is 6.81. The molecule has 1 N–H and O–H groups in total. The molecule has 0 radical (unpaired) electrons. The predicted octanol–water partition coefficient (Wildman–Crippen LogP) is 5.09. The van der Waals surface area contributed by atoms with Crippen LogP contribution in [0.25, 0.3) is 0 Å². The molecule has 1 nitrogen and oxygen atoms in total. The van der Waals surface area contributed by atoms with Gasteiger partial charge in [0.25, 0.3) is 0 Å². The number of hydrogen-bond donors (Lipinski definition) is 1. The van der Waals surface area contributed by atoms with Gasteiger partial charge in [0, 0.05) is 15.8 Å². The number of nitrogens with one attached hydrogen (secondary N) is 1. The summed E-state index contributed by atoms with van der Waals surface area (Å²) in [6, 6.07) is 15.6. The highest BCUT2D eigenvalue weighted by atomic mass is 127. The Hall–Kier alpha value is -1.03. The molecule has 98 valence electrons. The molecule has 0 unspecified atom stereocenters. The zero-order chi connectivity index (χ0) is 13.2. The van der Waals surface area contributed by atoms with Gasteiger partial charge in [0.2, 0.25) is 0 Å². The molecule has 0 heterocycles. The lowest BCUT2D eigenvalue weighted by molar-refractivity contribution is 1.10. The van der Waals surface area contributed by atoms with Gasteiger partial charge in [0.1, 0.15) is 0 Å². The number of rotatable bonds is 4. The Morgan fingerprint density at radius 2 is 1.84 bits per heavy atom. The van der Waals surface area contributed by atoms with Gasteiger partial charge in [0.15, 0.2) is 0 Å². The van der Waals surface area contributed by atoms with Crippen molar-refractivity contribution in [3.63, 3.8) is 0 Å². The van der Waals surface area contributed by atoms with E-state index in [1.165, 1.54) is 38.8 Å². The second kappa shape index (κ2) is 5.53. The molecule has 1 fully saturated rings. The molecule has 1 saturated carbocycles. The Morgan fingerprint density at radius 3 is 2.47 bits per heavy atom. The molecular weight excluding hydrogens is 345 g/mol. The van der Waals surface area contributed by atoms with Crippen LogP contribution in [0.2, 0.25) is 0 Å². The normalized spacial score (nSPS) is 14.4. The summed E-state index contributed by atoms with van der Waals surface area (Å²) in [6.07, 6.45) is 2.75. The quantitative estimate of drug-likeness (QED) is 0.747. The number of halogens is 1. The fraction of sp³-hybridized carbons (Fsp3) is 0.294. The van der Waals surface area contributed by atoms with Gasteiger partial charge in [-0.05, 0) is 83.2 Å². The Morgan fingerprint density at radius 1 is 1.11 bits per heavy atom. The molecular formula is C17H18IN. The molecule has 0 saturated heterocycles. The van der Waals surface area contributed by atoms with Crippen LogP contribution in [0.5, 0.6) is 0 Å². The maximum absolute atomic E-state index is 3.52. The van der Waals surface area contributed by atoms with Crippen LogP contribution in [0, 0.1) is 10.5 Å². The molecule has 1 aliphatic carbocycles. The molecule has 0 aromatic heterocycles. The molecule has 3 rings (SSSR count). The van der Waals surface area contributed by atoms with Crippen molar-refractivity contribution in [1.29, 1.82) is 0 Å². The van der Waals surface area contributed by atoms with Gasteiger partial charge < -0.3 is 5.32 Å². The van der Waals surface area contributed by atoms with Gasteiger partial charge in [0.05, 0.1) is 0 Å². The van der Waals surface area contributed by atoms with Gasteiger partial charge >= 0.3 is 0 Å². The summed E-state index contributed by atoms with van der Waals surface area (Å²) >= 11 is 2.35. The second-order valence-electron chi connectivity index (χ2n) is 5.33. The third kappa shape index (κ3) is 3.30. The average Bonchev–Trinajstić information content (AvgIpc) is 3.23. The van der Waals surface area contributed by atoms with E-state index in [0.29, 0.717) is 0 Å². The van der Waals surface area contributed by atoms with Crippen molar-refractivity contribution in [2.45, 2.75) is 32.2 Å². The van der Waals surface area contributed by atoms with Gasteiger partial charge in [-0.25, -0.2) is 0 Å². The zero-order valence-corrected chi connectivity index (χ0v) is 13.3. The van der Waals surface area contributed by atoms with Crippen LogP contribution in [0.4, 0.5) is 5.69 Å². The minimum Gasteiger partial charge on any atom is -0.381 e. The molecule has 0 bridgehead atoms. The van der Waals surface area contributed by atoms with E-state index in [1.807, 2.05) is 0 Å². The lowest BCUT2D eigenvalue weighted by Crippen LogP contribution is -2.01. The topological polar surface area (TPSA) is 12.0 Å². The van der Waals surface area contributed by atoms with Crippen molar-refractivity contribution in [3.05, 3.63) is 62.7 Å².